The number of aryl methyl sites for hydroxylation is 3. The Kier molecular flexibility index (Phi) is 4.35. The number of hydrogen-bond acceptors (Lipinski definition) is 1. The van der Waals surface area contributed by atoms with Gasteiger partial charge < -0.3 is 10.6 Å². The van der Waals surface area contributed by atoms with Crippen molar-refractivity contribution in [2.24, 2.45) is 0 Å². The van der Waals surface area contributed by atoms with Crippen LogP contribution in [0.5, 0.6) is 0 Å². The Morgan fingerprint density at radius 2 is 1.60 bits per heavy atom. The standard InChI is InChI=1S/C16H17FN2S/c1-10-5-4-6-11(2)15(10)19-16(20)18-13-7-8-14(17)12(3)9-13/h4-9H,1-3H3,(H2,18,19,20). The zero-order valence-corrected chi connectivity index (χ0v) is 12.6. The molecule has 20 heavy (non-hydrogen) atoms. The summed E-state index contributed by atoms with van der Waals surface area (Å²) in [6, 6.07) is 10.9. The number of anilines is 2. The van der Waals surface area contributed by atoms with Crippen molar-refractivity contribution in [2.45, 2.75) is 20.8 Å². The predicted molar refractivity (Wildman–Crippen MR) is 86.9 cm³/mol. The Labute approximate surface area is 124 Å². The molecule has 0 aliphatic carbocycles. The molecule has 4 heteroatoms. The average molecular weight is 288 g/mol. The summed E-state index contributed by atoms with van der Waals surface area (Å²) in [5.74, 6) is -0.218. The number of benzene rings is 2. The van der Waals surface area contributed by atoms with E-state index < -0.39 is 0 Å². The lowest BCUT2D eigenvalue weighted by atomic mass is 10.1. The van der Waals surface area contributed by atoms with Crippen LogP contribution in [0.3, 0.4) is 0 Å². The van der Waals surface area contributed by atoms with Crippen molar-refractivity contribution in [1.29, 1.82) is 0 Å². The van der Waals surface area contributed by atoms with Crippen LogP contribution < -0.4 is 10.6 Å². The molecule has 0 aliphatic heterocycles. The number of halogens is 1. The molecule has 0 bridgehead atoms. The second-order valence-electron chi connectivity index (χ2n) is 4.81. The molecule has 0 atom stereocenters. The van der Waals surface area contributed by atoms with Crippen molar-refractivity contribution in [1.82, 2.24) is 0 Å². The van der Waals surface area contributed by atoms with E-state index in [9.17, 15) is 4.39 Å². The van der Waals surface area contributed by atoms with E-state index >= 15 is 0 Å². The summed E-state index contributed by atoms with van der Waals surface area (Å²) in [5, 5.41) is 6.75. The maximum absolute atomic E-state index is 13.2. The second-order valence-corrected chi connectivity index (χ2v) is 5.22. The first kappa shape index (κ1) is 14.5. The van der Waals surface area contributed by atoms with Crippen molar-refractivity contribution >= 4 is 28.7 Å². The predicted octanol–water partition coefficient (Wildman–Crippen LogP) is 4.56. The van der Waals surface area contributed by atoms with Crippen LogP contribution in [0.4, 0.5) is 15.8 Å². The zero-order chi connectivity index (χ0) is 14.7. The van der Waals surface area contributed by atoms with Gasteiger partial charge in [-0.15, -0.1) is 0 Å². The van der Waals surface area contributed by atoms with Gasteiger partial charge in [0.15, 0.2) is 5.11 Å². The highest BCUT2D eigenvalue weighted by Gasteiger charge is 2.05. The summed E-state index contributed by atoms with van der Waals surface area (Å²) in [4.78, 5) is 0. The van der Waals surface area contributed by atoms with E-state index in [0.29, 0.717) is 10.7 Å². The highest BCUT2D eigenvalue weighted by molar-refractivity contribution is 7.80. The van der Waals surface area contributed by atoms with Crippen LogP contribution in [-0.4, -0.2) is 5.11 Å². The van der Waals surface area contributed by atoms with Crippen LogP contribution in [-0.2, 0) is 0 Å². The highest BCUT2D eigenvalue weighted by atomic mass is 32.1. The van der Waals surface area contributed by atoms with Gasteiger partial charge in [0.1, 0.15) is 5.82 Å². The molecule has 0 aromatic heterocycles. The maximum atomic E-state index is 13.2. The number of hydrogen-bond donors (Lipinski definition) is 2. The van der Waals surface area contributed by atoms with Gasteiger partial charge in [-0.05, 0) is 67.9 Å². The molecule has 104 valence electrons. The normalized spacial score (nSPS) is 10.2. The smallest absolute Gasteiger partial charge is 0.175 e. The third kappa shape index (κ3) is 3.33. The molecule has 0 aliphatic rings. The fraction of sp³-hybridized carbons (Fsp3) is 0.188. The topological polar surface area (TPSA) is 24.1 Å². The van der Waals surface area contributed by atoms with Crippen LogP contribution in [0.15, 0.2) is 36.4 Å². The molecule has 0 fully saturated rings. The first-order valence-corrected chi connectivity index (χ1v) is 6.78. The summed E-state index contributed by atoms with van der Waals surface area (Å²) in [6.45, 7) is 5.78. The van der Waals surface area contributed by atoms with E-state index in [1.807, 2.05) is 32.0 Å². The van der Waals surface area contributed by atoms with Crippen LogP contribution in [0.2, 0.25) is 0 Å². The minimum absolute atomic E-state index is 0.218. The van der Waals surface area contributed by atoms with E-state index in [0.717, 1.165) is 22.5 Å². The fourth-order valence-electron chi connectivity index (χ4n) is 2.01. The largest absolute Gasteiger partial charge is 0.332 e. The monoisotopic (exact) mass is 288 g/mol. The van der Waals surface area contributed by atoms with Gasteiger partial charge in [0.2, 0.25) is 0 Å². The Bertz CT molecular complexity index is 633. The molecule has 0 heterocycles. The fourth-order valence-corrected chi connectivity index (χ4v) is 2.23. The third-order valence-corrected chi connectivity index (χ3v) is 3.34. The zero-order valence-electron chi connectivity index (χ0n) is 11.8. The van der Waals surface area contributed by atoms with E-state index in [-0.39, 0.29) is 5.82 Å². The van der Waals surface area contributed by atoms with Gasteiger partial charge in [0.05, 0.1) is 0 Å². The summed E-state index contributed by atoms with van der Waals surface area (Å²) >= 11 is 5.30. The Morgan fingerprint density at radius 1 is 0.950 bits per heavy atom. The van der Waals surface area contributed by atoms with Crippen LogP contribution >= 0.6 is 12.2 Å². The van der Waals surface area contributed by atoms with E-state index in [1.54, 1.807) is 19.1 Å². The maximum Gasteiger partial charge on any atom is 0.175 e. The lowest BCUT2D eigenvalue weighted by Gasteiger charge is -2.15. The highest BCUT2D eigenvalue weighted by Crippen LogP contribution is 2.20. The molecule has 2 N–H and O–H groups in total. The number of nitrogens with one attached hydrogen (secondary N) is 2. The molecular weight excluding hydrogens is 271 g/mol. The van der Waals surface area contributed by atoms with Gasteiger partial charge >= 0.3 is 0 Å². The van der Waals surface area contributed by atoms with E-state index in [4.69, 9.17) is 12.2 Å². The van der Waals surface area contributed by atoms with Crippen molar-refractivity contribution in [3.8, 4) is 0 Å². The Balaban J connectivity index is 2.11. The third-order valence-electron chi connectivity index (χ3n) is 3.14. The first-order chi connectivity index (χ1) is 9.47. The molecule has 0 unspecified atom stereocenters. The molecule has 2 aromatic carbocycles. The number of para-hydroxylation sites is 1. The quantitative estimate of drug-likeness (QED) is 0.792. The summed E-state index contributed by atoms with van der Waals surface area (Å²) < 4.78 is 13.2. The Hall–Kier alpha value is -1.94. The van der Waals surface area contributed by atoms with Crippen molar-refractivity contribution < 1.29 is 4.39 Å². The van der Waals surface area contributed by atoms with E-state index in [1.165, 1.54) is 6.07 Å². The molecule has 2 nitrogen and oxygen atoms in total. The Morgan fingerprint density at radius 3 is 2.20 bits per heavy atom. The molecule has 0 amide bonds. The summed E-state index contributed by atoms with van der Waals surface area (Å²) in [6.07, 6.45) is 0. The first-order valence-electron chi connectivity index (χ1n) is 6.38. The molecular formula is C16H17FN2S. The van der Waals surface area contributed by atoms with Gasteiger partial charge in [0.25, 0.3) is 0 Å². The molecule has 0 spiro atoms. The molecule has 2 rings (SSSR count). The minimum atomic E-state index is -0.218. The van der Waals surface area contributed by atoms with Gasteiger partial charge in [-0.3, -0.25) is 0 Å². The van der Waals surface area contributed by atoms with E-state index in [2.05, 4.69) is 10.6 Å². The summed E-state index contributed by atoms with van der Waals surface area (Å²) in [5.41, 5.74) is 4.62. The SMILES string of the molecule is Cc1cc(NC(=S)Nc2c(C)cccc2C)ccc1F. The van der Waals surface area contributed by atoms with Gasteiger partial charge in [0, 0.05) is 11.4 Å². The van der Waals surface area contributed by atoms with Crippen LogP contribution in [0.1, 0.15) is 16.7 Å². The average Bonchev–Trinajstić information content (AvgIpc) is 2.38. The summed E-state index contributed by atoms with van der Waals surface area (Å²) in [7, 11) is 0. The molecule has 2 aromatic rings. The van der Waals surface area contributed by atoms with Crippen molar-refractivity contribution in [3.63, 3.8) is 0 Å². The molecule has 0 saturated carbocycles. The molecule has 0 radical (unpaired) electrons. The second kappa shape index (κ2) is 6.01. The van der Waals surface area contributed by atoms with Crippen molar-refractivity contribution in [2.75, 3.05) is 10.6 Å². The number of rotatable bonds is 2. The lowest BCUT2D eigenvalue weighted by molar-refractivity contribution is 0.619. The number of thiocarbonyl (C=S) groups is 1. The van der Waals surface area contributed by atoms with Gasteiger partial charge in [-0.25, -0.2) is 4.39 Å². The van der Waals surface area contributed by atoms with Crippen molar-refractivity contribution in [3.05, 3.63) is 58.9 Å². The van der Waals surface area contributed by atoms with Crippen LogP contribution in [0, 0.1) is 26.6 Å². The molecule has 0 saturated heterocycles. The van der Waals surface area contributed by atoms with Crippen LogP contribution in [0.25, 0.3) is 0 Å². The minimum Gasteiger partial charge on any atom is -0.332 e. The van der Waals surface area contributed by atoms with Gasteiger partial charge in [-0.1, -0.05) is 18.2 Å². The van der Waals surface area contributed by atoms with Gasteiger partial charge in [-0.2, -0.15) is 0 Å². The lowest BCUT2D eigenvalue weighted by Crippen LogP contribution is -2.20.